The van der Waals surface area contributed by atoms with Crippen LogP contribution in [0.5, 0.6) is 0 Å². The molecule has 4 heteroatoms. The first-order valence-electron chi connectivity index (χ1n) is 10.5. The second-order valence-electron chi connectivity index (χ2n) is 6.98. The van der Waals surface area contributed by atoms with Crippen molar-refractivity contribution in [3.63, 3.8) is 0 Å². The molecule has 150 valence electrons. The van der Waals surface area contributed by atoms with E-state index in [1.165, 1.54) is 25.7 Å². The number of benzene rings is 1. The molecule has 1 aliphatic rings. The fraction of sp³-hybridized carbons (Fsp3) is 0.417. The molecule has 0 saturated heterocycles. The summed E-state index contributed by atoms with van der Waals surface area (Å²) in [5.41, 5.74) is 4.40. The normalized spacial score (nSPS) is 15.5. The lowest BCUT2D eigenvalue weighted by molar-refractivity contribution is 0.702. The maximum atomic E-state index is 4.84. The number of pyridine rings is 1. The smallest absolute Gasteiger partial charge is 0.147 e. The highest BCUT2D eigenvalue weighted by Gasteiger charge is 2.21. The molecule has 1 aromatic carbocycles. The average Bonchev–Trinajstić information content (AvgIpc) is 2.73. The minimum atomic E-state index is -0.102. The Labute approximate surface area is 170 Å². The number of allylic oxidation sites excluding steroid dienone is 2. The summed E-state index contributed by atoms with van der Waals surface area (Å²) in [4.78, 5) is 8.92. The maximum Gasteiger partial charge on any atom is 0.147 e. The first-order chi connectivity index (χ1) is 13.7. The number of aliphatic imine (C=N–C) groups is 1. The minimum absolute atomic E-state index is 0.102. The molecule has 0 amide bonds. The zero-order chi connectivity index (χ0) is 20.2. The van der Waals surface area contributed by atoms with Gasteiger partial charge >= 0.3 is 0 Å². The summed E-state index contributed by atoms with van der Waals surface area (Å²) in [5, 5.41) is 6.90. The first kappa shape index (κ1) is 21.7. The number of anilines is 1. The summed E-state index contributed by atoms with van der Waals surface area (Å²) in [5.74, 6) is 0.901. The van der Waals surface area contributed by atoms with Crippen LogP contribution >= 0.6 is 0 Å². The van der Waals surface area contributed by atoms with Gasteiger partial charge in [0.05, 0.1) is 0 Å². The Balaban J connectivity index is 0.000000409. The second-order valence-corrected chi connectivity index (χ2v) is 6.98. The Morgan fingerprint density at radius 1 is 1.04 bits per heavy atom. The molecule has 0 aliphatic carbocycles. The van der Waals surface area contributed by atoms with Gasteiger partial charge in [-0.2, -0.15) is 0 Å². The van der Waals surface area contributed by atoms with Crippen molar-refractivity contribution >= 4 is 11.5 Å². The molecule has 2 aromatic rings. The van der Waals surface area contributed by atoms with E-state index < -0.39 is 0 Å². The third-order valence-corrected chi connectivity index (χ3v) is 4.54. The monoisotopic (exact) mass is 378 g/mol. The van der Waals surface area contributed by atoms with Crippen molar-refractivity contribution < 1.29 is 0 Å². The van der Waals surface area contributed by atoms with E-state index in [-0.39, 0.29) is 6.17 Å². The van der Waals surface area contributed by atoms with E-state index in [9.17, 15) is 0 Å². The predicted molar refractivity (Wildman–Crippen MR) is 121 cm³/mol. The quantitative estimate of drug-likeness (QED) is 0.568. The zero-order valence-corrected chi connectivity index (χ0v) is 17.7. The largest absolute Gasteiger partial charge is 0.359 e. The van der Waals surface area contributed by atoms with Gasteiger partial charge in [-0.05, 0) is 43.2 Å². The summed E-state index contributed by atoms with van der Waals surface area (Å²) < 4.78 is 0. The van der Waals surface area contributed by atoms with E-state index in [1.807, 2.05) is 24.3 Å². The third kappa shape index (κ3) is 6.52. The molecule has 0 spiro atoms. The number of nitrogens with one attached hydrogen (secondary N) is 2. The van der Waals surface area contributed by atoms with Crippen LogP contribution in [0.1, 0.15) is 77.1 Å². The van der Waals surface area contributed by atoms with Crippen LogP contribution in [0.25, 0.3) is 0 Å². The second kappa shape index (κ2) is 12.0. The van der Waals surface area contributed by atoms with Crippen molar-refractivity contribution in [2.45, 2.75) is 66.0 Å². The molecule has 1 aromatic heterocycles. The van der Waals surface area contributed by atoms with Gasteiger partial charge in [-0.1, -0.05) is 64.7 Å². The van der Waals surface area contributed by atoms with Gasteiger partial charge in [-0.3, -0.25) is 4.98 Å². The van der Waals surface area contributed by atoms with Crippen LogP contribution in [0.2, 0.25) is 0 Å². The number of hydrogen-bond acceptors (Lipinski definition) is 4. The van der Waals surface area contributed by atoms with Crippen LogP contribution in [0.4, 0.5) is 5.69 Å². The van der Waals surface area contributed by atoms with E-state index >= 15 is 0 Å². The van der Waals surface area contributed by atoms with Gasteiger partial charge in [-0.15, -0.1) is 0 Å². The van der Waals surface area contributed by atoms with Gasteiger partial charge in [0.1, 0.15) is 12.0 Å². The molecule has 1 unspecified atom stereocenters. The molecule has 2 heterocycles. The average molecular weight is 379 g/mol. The van der Waals surface area contributed by atoms with Crippen LogP contribution in [-0.4, -0.2) is 10.8 Å². The Hall–Kier alpha value is -2.62. The Kier molecular flexibility index (Phi) is 9.26. The van der Waals surface area contributed by atoms with Crippen molar-refractivity contribution in [3.05, 3.63) is 71.7 Å². The highest BCUT2D eigenvalue weighted by atomic mass is 15.2. The van der Waals surface area contributed by atoms with Crippen LogP contribution < -0.4 is 10.6 Å². The fourth-order valence-corrected chi connectivity index (χ4v) is 3.04. The van der Waals surface area contributed by atoms with E-state index in [4.69, 9.17) is 4.99 Å². The van der Waals surface area contributed by atoms with Gasteiger partial charge in [-0.25, -0.2) is 4.99 Å². The van der Waals surface area contributed by atoms with Crippen molar-refractivity contribution in [3.8, 4) is 0 Å². The molecule has 2 N–H and O–H groups in total. The van der Waals surface area contributed by atoms with Crippen molar-refractivity contribution in [1.82, 2.24) is 10.3 Å². The highest BCUT2D eigenvalue weighted by molar-refractivity contribution is 6.05. The topological polar surface area (TPSA) is 49.3 Å². The predicted octanol–water partition coefficient (Wildman–Crippen LogP) is 6.44. The number of unbranched alkanes of at least 4 members (excludes halogenated alkanes) is 3. The molecule has 1 aliphatic heterocycles. The van der Waals surface area contributed by atoms with E-state index in [0.29, 0.717) is 0 Å². The number of para-hydroxylation sites is 1. The van der Waals surface area contributed by atoms with Crippen LogP contribution in [0.3, 0.4) is 0 Å². The van der Waals surface area contributed by atoms with Crippen molar-refractivity contribution in [1.29, 1.82) is 0 Å². The molecule has 4 nitrogen and oxygen atoms in total. The molecule has 0 bridgehead atoms. The van der Waals surface area contributed by atoms with Crippen molar-refractivity contribution in [2.24, 2.45) is 4.99 Å². The van der Waals surface area contributed by atoms with E-state index in [2.05, 4.69) is 61.5 Å². The SMILES string of the molecule is CC/C=C(\C)NC1=NC(c2ccncc2)Nc2ccccc21.CCCCCC. The molecule has 28 heavy (non-hydrogen) atoms. The summed E-state index contributed by atoms with van der Waals surface area (Å²) in [6.07, 6.45) is 12.2. The van der Waals surface area contributed by atoms with Crippen molar-refractivity contribution in [2.75, 3.05) is 5.32 Å². The van der Waals surface area contributed by atoms with Crippen LogP contribution in [0, 0.1) is 0 Å². The lowest BCUT2D eigenvalue weighted by Gasteiger charge is -2.26. The summed E-state index contributed by atoms with van der Waals surface area (Å²) >= 11 is 0. The maximum absolute atomic E-state index is 4.84. The highest BCUT2D eigenvalue weighted by Crippen LogP contribution is 2.29. The van der Waals surface area contributed by atoms with E-state index in [0.717, 1.165) is 34.8 Å². The van der Waals surface area contributed by atoms with Gasteiger partial charge in [0.25, 0.3) is 0 Å². The molecular weight excluding hydrogens is 344 g/mol. The lowest BCUT2D eigenvalue weighted by atomic mass is 10.1. The number of amidine groups is 1. The van der Waals surface area contributed by atoms with Gasteiger partial charge in [0.15, 0.2) is 0 Å². The third-order valence-electron chi connectivity index (χ3n) is 4.54. The zero-order valence-electron chi connectivity index (χ0n) is 17.7. The number of nitrogens with zero attached hydrogens (tertiary/aromatic N) is 2. The molecule has 0 fully saturated rings. The fourth-order valence-electron chi connectivity index (χ4n) is 3.04. The first-order valence-corrected chi connectivity index (χ1v) is 10.5. The number of fused-ring (bicyclic) bond motifs is 1. The number of rotatable bonds is 6. The van der Waals surface area contributed by atoms with Gasteiger partial charge in [0, 0.05) is 29.3 Å². The van der Waals surface area contributed by atoms with Crippen LogP contribution in [-0.2, 0) is 0 Å². The number of hydrogen-bond donors (Lipinski definition) is 2. The molecule has 1 atom stereocenters. The molecule has 0 radical (unpaired) electrons. The Morgan fingerprint density at radius 3 is 2.36 bits per heavy atom. The van der Waals surface area contributed by atoms with Gasteiger partial charge < -0.3 is 10.6 Å². The summed E-state index contributed by atoms with van der Waals surface area (Å²) in [6, 6.07) is 12.2. The summed E-state index contributed by atoms with van der Waals surface area (Å²) in [7, 11) is 0. The lowest BCUT2D eigenvalue weighted by Crippen LogP contribution is -2.29. The minimum Gasteiger partial charge on any atom is -0.359 e. The van der Waals surface area contributed by atoms with Crippen LogP contribution in [0.15, 0.2) is 65.6 Å². The molecular formula is C24H34N4. The Bertz CT molecular complexity index is 761. The summed E-state index contributed by atoms with van der Waals surface area (Å²) in [6.45, 7) is 8.66. The van der Waals surface area contributed by atoms with Gasteiger partial charge in [0.2, 0.25) is 0 Å². The molecule has 3 rings (SSSR count). The van der Waals surface area contributed by atoms with E-state index in [1.54, 1.807) is 12.4 Å². The number of aromatic nitrogens is 1. The Morgan fingerprint density at radius 2 is 1.71 bits per heavy atom. The standard InChI is InChI=1S/C18H20N4.C6H14/c1-3-6-13(2)20-18-15-7-4-5-8-16(15)21-17(22-18)14-9-11-19-12-10-14;1-3-5-6-4-2/h4-12,17,21H,3H2,1-2H3,(H,20,22);3-6H2,1-2H3/b13-6+;. The molecule has 0 saturated carbocycles.